The number of benzene rings is 2. The molecule has 2 N–H and O–H groups in total. The van der Waals surface area contributed by atoms with Crippen molar-refractivity contribution in [3.05, 3.63) is 58.8 Å². The summed E-state index contributed by atoms with van der Waals surface area (Å²) in [4.78, 5) is 33.2. The molecule has 2 heterocycles. The van der Waals surface area contributed by atoms with Gasteiger partial charge in [0, 0.05) is 5.39 Å². The van der Waals surface area contributed by atoms with Crippen molar-refractivity contribution >= 4 is 27.7 Å². The third kappa shape index (κ3) is 3.45. The number of aromatic nitrogens is 4. The minimum absolute atomic E-state index is 0.236. The van der Waals surface area contributed by atoms with Gasteiger partial charge in [0.05, 0.1) is 42.9 Å². The molecule has 0 saturated carbocycles. The first-order valence-electron chi connectivity index (χ1n) is 9.36. The molecular weight excluding hydrogens is 386 g/mol. The van der Waals surface area contributed by atoms with Crippen LogP contribution < -0.4 is 20.3 Å². The molecule has 1 amide bonds. The zero-order chi connectivity index (χ0) is 21.3. The van der Waals surface area contributed by atoms with Crippen LogP contribution in [0, 0.1) is 0 Å². The second kappa shape index (κ2) is 7.86. The Morgan fingerprint density at radius 1 is 1.20 bits per heavy atom. The highest BCUT2D eigenvalue weighted by molar-refractivity contribution is 5.89. The molecule has 9 nitrogen and oxygen atoms in total. The lowest BCUT2D eigenvalue weighted by Gasteiger charge is -2.13. The van der Waals surface area contributed by atoms with Crippen LogP contribution in [0.5, 0.6) is 11.5 Å². The molecule has 2 aromatic carbocycles. The molecule has 0 spiro atoms. The number of aromatic amines is 1. The van der Waals surface area contributed by atoms with Crippen molar-refractivity contribution in [3.63, 3.8) is 0 Å². The van der Waals surface area contributed by atoms with Crippen LogP contribution in [0.2, 0.25) is 0 Å². The van der Waals surface area contributed by atoms with Crippen LogP contribution in [0.25, 0.3) is 21.8 Å². The number of hydrogen-bond acceptors (Lipinski definition) is 6. The first kappa shape index (κ1) is 19.4. The number of methoxy groups -OCH3 is 2. The summed E-state index contributed by atoms with van der Waals surface area (Å²) in [6, 6.07) is 10.7. The molecule has 2 aromatic heterocycles. The van der Waals surface area contributed by atoms with E-state index in [-0.39, 0.29) is 18.5 Å². The Labute approximate surface area is 171 Å². The number of carbonyl (C=O) groups excluding carboxylic acids is 1. The van der Waals surface area contributed by atoms with Crippen LogP contribution in [0.3, 0.4) is 0 Å². The van der Waals surface area contributed by atoms with Crippen molar-refractivity contribution < 1.29 is 14.3 Å². The molecule has 0 saturated heterocycles. The Balaban J connectivity index is 1.58. The predicted octanol–water partition coefficient (Wildman–Crippen LogP) is 2.17. The lowest BCUT2D eigenvalue weighted by atomic mass is 10.1. The summed E-state index contributed by atoms with van der Waals surface area (Å²) in [6.07, 6.45) is 1.52. The van der Waals surface area contributed by atoms with E-state index in [4.69, 9.17) is 9.47 Å². The number of nitrogens with zero attached hydrogens (tertiary/aromatic N) is 3. The van der Waals surface area contributed by atoms with Gasteiger partial charge in [-0.3, -0.25) is 9.59 Å². The molecular formula is C21H21N5O4. The van der Waals surface area contributed by atoms with Crippen molar-refractivity contribution in [2.24, 2.45) is 0 Å². The lowest BCUT2D eigenvalue weighted by molar-refractivity contribution is -0.122. The van der Waals surface area contributed by atoms with E-state index in [9.17, 15) is 9.59 Å². The van der Waals surface area contributed by atoms with Crippen molar-refractivity contribution in [3.8, 4) is 11.5 Å². The second-order valence-electron chi connectivity index (χ2n) is 6.80. The maximum absolute atomic E-state index is 13.0. The first-order chi connectivity index (χ1) is 14.5. The van der Waals surface area contributed by atoms with E-state index < -0.39 is 5.56 Å². The summed E-state index contributed by atoms with van der Waals surface area (Å²) in [5.74, 6) is 1.02. The summed E-state index contributed by atoms with van der Waals surface area (Å²) in [7, 11) is 2.96. The van der Waals surface area contributed by atoms with Crippen molar-refractivity contribution in [1.82, 2.24) is 25.1 Å². The summed E-state index contributed by atoms with van der Waals surface area (Å²) in [5, 5.41) is 7.87. The van der Waals surface area contributed by atoms with Gasteiger partial charge in [-0.2, -0.15) is 5.10 Å². The van der Waals surface area contributed by atoms with Gasteiger partial charge < -0.3 is 19.8 Å². The van der Waals surface area contributed by atoms with E-state index >= 15 is 0 Å². The largest absolute Gasteiger partial charge is 0.493 e. The standard InChI is InChI=1S/C21H21N5O4/c1-12(20-24-14-6-4-5-7-15(14)25-20)23-17(27)11-26-21(28)18-13(10-22-26)8-9-16(29-2)19(18)30-3/h4-10,12H,11H2,1-3H3,(H,23,27)(H,24,25)/t12-/m1/s1. The lowest BCUT2D eigenvalue weighted by Crippen LogP contribution is -2.35. The van der Waals surface area contributed by atoms with E-state index in [1.165, 1.54) is 20.4 Å². The molecule has 0 fully saturated rings. The topological polar surface area (TPSA) is 111 Å². The minimum atomic E-state index is -0.435. The highest BCUT2D eigenvalue weighted by atomic mass is 16.5. The average Bonchev–Trinajstić information content (AvgIpc) is 3.19. The van der Waals surface area contributed by atoms with Gasteiger partial charge >= 0.3 is 0 Å². The van der Waals surface area contributed by atoms with E-state index in [1.807, 2.05) is 31.2 Å². The molecule has 0 aliphatic heterocycles. The van der Waals surface area contributed by atoms with Gasteiger partial charge in [-0.05, 0) is 31.2 Å². The average molecular weight is 407 g/mol. The molecule has 0 unspecified atom stereocenters. The fourth-order valence-electron chi connectivity index (χ4n) is 3.37. The highest BCUT2D eigenvalue weighted by Gasteiger charge is 2.18. The van der Waals surface area contributed by atoms with E-state index in [1.54, 1.807) is 12.1 Å². The molecule has 0 bridgehead atoms. The Morgan fingerprint density at radius 2 is 2.00 bits per heavy atom. The van der Waals surface area contributed by atoms with Crippen LogP contribution in [0.15, 0.2) is 47.4 Å². The molecule has 9 heteroatoms. The van der Waals surface area contributed by atoms with Gasteiger partial charge in [-0.25, -0.2) is 9.67 Å². The highest BCUT2D eigenvalue weighted by Crippen LogP contribution is 2.32. The molecule has 0 aliphatic carbocycles. The summed E-state index contributed by atoms with van der Waals surface area (Å²) >= 11 is 0. The Hall–Kier alpha value is -3.88. The van der Waals surface area contributed by atoms with Gasteiger partial charge in [0.25, 0.3) is 5.56 Å². The zero-order valence-electron chi connectivity index (χ0n) is 16.8. The summed E-state index contributed by atoms with van der Waals surface area (Å²) in [6.45, 7) is 1.58. The third-order valence-corrected chi connectivity index (χ3v) is 4.85. The number of amides is 1. The first-order valence-corrected chi connectivity index (χ1v) is 9.36. The van der Waals surface area contributed by atoms with Crippen LogP contribution in [-0.4, -0.2) is 39.9 Å². The Bertz CT molecular complexity index is 1260. The predicted molar refractivity (Wildman–Crippen MR) is 112 cm³/mol. The Morgan fingerprint density at radius 3 is 2.73 bits per heavy atom. The van der Waals surface area contributed by atoms with Gasteiger partial charge in [-0.15, -0.1) is 0 Å². The minimum Gasteiger partial charge on any atom is -0.493 e. The van der Waals surface area contributed by atoms with Gasteiger partial charge in [0.2, 0.25) is 5.91 Å². The number of rotatable bonds is 6. The SMILES string of the molecule is COc1ccc2cnn(CC(=O)N[C@H](C)c3nc4ccccc4[nH]3)c(=O)c2c1OC. The number of fused-ring (bicyclic) bond motifs is 2. The third-order valence-electron chi connectivity index (χ3n) is 4.85. The number of ether oxygens (including phenoxy) is 2. The number of H-pyrrole nitrogens is 1. The molecule has 30 heavy (non-hydrogen) atoms. The molecule has 154 valence electrons. The van der Waals surface area contributed by atoms with E-state index in [0.29, 0.717) is 28.1 Å². The fourth-order valence-corrected chi connectivity index (χ4v) is 3.37. The van der Waals surface area contributed by atoms with E-state index in [2.05, 4.69) is 20.4 Å². The monoisotopic (exact) mass is 407 g/mol. The van der Waals surface area contributed by atoms with Crippen LogP contribution >= 0.6 is 0 Å². The van der Waals surface area contributed by atoms with Crippen molar-refractivity contribution in [2.75, 3.05) is 14.2 Å². The smallest absolute Gasteiger partial charge is 0.279 e. The van der Waals surface area contributed by atoms with Gasteiger partial charge in [-0.1, -0.05) is 12.1 Å². The number of carbonyl (C=O) groups is 1. The fraction of sp³-hybridized carbons (Fsp3) is 0.238. The molecule has 0 aliphatic rings. The van der Waals surface area contributed by atoms with Crippen molar-refractivity contribution in [2.45, 2.75) is 19.5 Å². The maximum atomic E-state index is 13.0. The molecule has 4 rings (SSSR count). The number of imidazole rings is 1. The number of para-hydroxylation sites is 2. The summed E-state index contributed by atoms with van der Waals surface area (Å²) in [5.41, 5.74) is 1.28. The molecule has 4 aromatic rings. The van der Waals surface area contributed by atoms with Crippen LogP contribution in [0.4, 0.5) is 0 Å². The van der Waals surface area contributed by atoms with Crippen LogP contribution in [0.1, 0.15) is 18.8 Å². The van der Waals surface area contributed by atoms with Crippen molar-refractivity contribution in [1.29, 1.82) is 0 Å². The number of hydrogen-bond donors (Lipinski definition) is 2. The Kier molecular flexibility index (Phi) is 5.09. The zero-order valence-corrected chi connectivity index (χ0v) is 16.8. The van der Waals surface area contributed by atoms with Gasteiger partial charge in [0.1, 0.15) is 12.4 Å². The number of nitrogens with one attached hydrogen (secondary N) is 2. The van der Waals surface area contributed by atoms with E-state index in [0.717, 1.165) is 15.7 Å². The van der Waals surface area contributed by atoms with Gasteiger partial charge in [0.15, 0.2) is 11.5 Å². The normalized spacial score (nSPS) is 12.1. The van der Waals surface area contributed by atoms with Crippen LogP contribution in [-0.2, 0) is 11.3 Å². The molecule has 1 atom stereocenters. The maximum Gasteiger partial charge on any atom is 0.279 e. The molecule has 0 radical (unpaired) electrons. The summed E-state index contributed by atoms with van der Waals surface area (Å²) < 4.78 is 11.7. The quantitative estimate of drug-likeness (QED) is 0.507. The second-order valence-corrected chi connectivity index (χ2v) is 6.80.